The molecule has 2 aromatic rings. The maximum Gasteiger partial charge on any atom is 0.312 e. The molecular weight excluding hydrogens is 250 g/mol. The fraction of sp³-hybridized carbons (Fsp3) is 0.0833. The molecule has 0 aliphatic heterocycles. The Bertz CT molecular complexity index is 566. The number of hydrogen-bond donors (Lipinski definition) is 2. The van der Waals surface area contributed by atoms with Crippen molar-refractivity contribution in [1.29, 1.82) is 0 Å². The van der Waals surface area contributed by atoms with Crippen molar-refractivity contribution in [1.82, 2.24) is 10.3 Å². The Morgan fingerprint density at radius 1 is 1.28 bits per heavy atom. The molecule has 92 valence electrons. The molecule has 0 atom stereocenters. The Morgan fingerprint density at radius 2 is 2.00 bits per heavy atom. The lowest BCUT2D eigenvalue weighted by molar-refractivity contribution is 0.0989. The maximum absolute atomic E-state index is 11.7. The summed E-state index contributed by atoms with van der Waals surface area (Å²) in [6.45, 7) is -0.132. The van der Waals surface area contributed by atoms with E-state index in [0.29, 0.717) is 5.69 Å². The monoisotopic (exact) mass is 261 g/mol. The van der Waals surface area contributed by atoms with Gasteiger partial charge in [0, 0.05) is 10.9 Å². The number of primary amides is 1. The van der Waals surface area contributed by atoms with E-state index < -0.39 is 6.03 Å². The zero-order chi connectivity index (χ0) is 13.0. The molecule has 1 aromatic carbocycles. The van der Waals surface area contributed by atoms with Gasteiger partial charge < -0.3 is 11.1 Å². The van der Waals surface area contributed by atoms with Gasteiger partial charge in [0.1, 0.15) is 10.7 Å². The van der Waals surface area contributed by atoms with E-state index in [0.717, 1.165) is 10.6 Å². The molecule has 3 N–H and O–H groups in total. The van der Waals surface area contributed by atoms with Crippen LogP contribution < -0.4 is 11.1 Å². The van der Waals surface area contributed by atoms with Crippen molar-refractivity contribution in [3.63, 3.8) is 0 Å². The van der Waals surface area contributed by atoms with E-state index in [9.17, 15) is 9.59 Å². The second-order valence-corrected chi connectivity index (χ2v) is 4.40. The Hall–Kier alpha value is -2.21. The minimum atomic E-state index is -0.720. The summed E-state index contributed by atoms with van der Waals surface area (Å²) in [5, 5.41) is 4.70. The normalized spacial score (nSPS) is 10.0. The number of ketones is 1. The highest BCUT2D eigenvalue weighted by Crippen LogP contribution is 2.23. The molecule has 0 unspecified atom stereocenters. The third-order valence-corrected chi connectivity index (χ3v) is 3.13. The molecule has 0 aliphatic rings. The summed E-state index contributed by atoms with van der Waals surface area (Å²) in [4.78, 5) is 26.4. The largest absolute Gasteiger partial charge is 0.352 e. The molecule has 5 nitrogen and oxygen atoms in total. The number of urea groups is 1. The second-order valence-electron chi connectivity index (χ2n) is 3.54. The number of nitrogens with zero attached hydrogens (tertiary/aromatic N) is 1. The minimum Gasteiger partial charge on any atom is -0.352 e. The number of nitrogens with two attached hydrogens (primary N) is 1. The third kappa shape index (κ3) is 2.92. The molecule has 0 bridgehead atoms. The Morgan fingerprint density at radius 3 is 2.67 bits per heavy atom. The number of benzene rings is 1. The number of aromatic nitrogens is 1. The van der Waals surface area contributed by atoms with Crippen LogP contribution in [0.4, 0.5) is 4.79 Å². The molecule has 18 heavy (non-hydrogen) atoms. The van der Waals surface area contributed by atoms with Crippen LogP contribution in [0.15, 0.2) is 35.7 Å². The number of thiazole rings is 1. The molecule has 0 spiro atoms. The SMILES string of the molecule is NC(=O)NCC(=O)c1csc(-c2ccccc2)n1. The standard InChI is InChI=1S/C12H11N3O2S/c13-12(17)14-6-10(16)9-7-18-11(15-9)8-4-2-1-3-5-8/h1-5,7H,6H2,(H3,13,14,17). The fourth-order valence-corrected chi connectivity index (χ4v) is 2.20. The zero-order valence-electron chi connectivity index (χ0n) is 9.42. The quantitative estimate of drug-likeness (QED) is 0.821. The number of rotatable bonds is 4. The Labute approximate surface area is 108 Å². The number of hydrogen-bond acceptors (Lipinski definition) is 4. The first-order chi connectivity index (χ1) is 8.66. The van der Waals surface area contributed by atoms with Crippen molar-refractivity contribution < 1.29 is 9.59 Å². The third-order valence-electron chi connectivity index (χ3n) is 2.23. The van der Waals surface area contributed by atoms with E-state index in [2.05, 4.69) is 10.3 Å². The lowest BCUT2D eigenvalue weighted by Crippen LogP contribution is -2.33. The predicted octanol–water partition coefficient (Wildman–Crippen LogP) is 1.66. The average molecular weight is 261 g/mol. The van der Waals surface area contributed by atoms with Crippen molar-refractivity contribution in [2.45, 2.75) is 0 Å². The second kappa shape index (κ2) is 5.42. The minimum absolute atomic E-state index is 0.132. The summed E-state index contributed by atoms with van der Waals surface area (Å²) < 4.78 is 0. The van der Waals surface area contributed by atoms with Gasteiger partial charge in [-0.1, -0.05) is 30.3 Å². The lowest BCUT2D eigenvalue weighted by Gasteiger charge is -1.98. The number of carbonyl (C=O) groups excluding carboxylic acids is 2. The number of Topliss-reactive ketones (excluding diaryl/α,β-unsaturated/α-hetero) is 1. The van der Waals surface area contributed by atoms with Crippen LogP contribution in [-0.4, -0.2) is 23.3 Å². The first-order valence-corrected chi connectivity index (χ1v) is 6.12. The summed E-state index contributed by atoms with van der Waals surface area (Å²) in [5.74, 6) is -0.257. The summed E-state index contributed by atoms with van der Waals surface area (Å²) in [5.41, 5.74) is 6.20. The summed E-state index contributed by atoms with van der Waals surface area (Å²) in [6.07, 6.45) is 0. The van der Waals surface area contributed by atoms with E-state index in [4.69, 9.17) is 5.73 Å². The smallest absolute Gasteiger partial charge is 0.312 e. The first kappa shape index (κ1) is 12.3. The summed E-state index contributed by atoms with van der Waals surface area (Å²) in [7, 11) is 0. The van der Waals surface area contributed by atoms with Crippen LogP contribution in [-0.2, 0) is 0 Å². The molecule has 0 saturated carbocycles. The Kier molecular flexibility index (Phi) is 3.69. The van der Waals surface area contributed by atoms with E-state index >= 15 is 0 Å². The lowest BCUT2D eigenvalue weighted by atomic mass is 10.2. The summed E-state index contributed by atoms with van der Waals surface area (Å²) >= 11 is 1.39. The van der Waals surface area contributed by atoms with Crippen LogP contribution in [0.25, 0.3) is 10.6 Å². The highest BCUT2D eigenvalue weighted by molar-refractivity contribution is 7.13. The van der Waals surface area contributed by atoms with Crippen LogP contribution in [0.5, 0.6) is 0 Å². The van der Waals surface area contributed by atoms with Crippen molar-refractivity contribution in [2.24, 2.45) is 5.73 Å². The molecule has 2 rings (SSSR count). The van der Waals surface area contributed by atoms with E-state index in [1.165, 1.54) is 11.3 Å². The molecule has 0 saturated heterocycles. The number of amides is 2. The molecule has 6 heteroatoms. The van der Waals surface area contributed by atoms with Crippen LogP contribution >= 0.6 is 11.3 Å². The van der Waals surface area contributed by atoms with Crippen LogP contribution in [0.3, 0.4) is 0 Å². The summed E-state index contributed by atoms with van der Waals surface area (Å²) in [6, 6.07) is 8.87. The van der Waals surface area contributed by atoms with Gasteiger partial charge in [0.15, 0.2) is 0 Å². The number of carbonyl (C=O) groups is 2. The topological polar surface area (TPSA) is 85.1 Å². The molecule has 0 radical (unpaired) electrons. The highest BCUT2D eigenvalue weighted by Gasteiger charge is 2.11. The Balaban J connectivity index is 2.11. The van der Waals surface area contributed by atoms with Gasteiger partial charge in [-0.25, -0.2) is 9.78 Å². The fourth-order valence-electron chi connectivity index (χ4n) is 1.37. The van der Waals surface area contributed by atoms with Crippen LogP contribution in [0.2, 0.25) is 0 Å². The average Bonchev–Trinajstić information content (AvgIpc) is 2.86. The van der Waals surface area contributed by atoms with Crippen molar-refractivity contribution in [3.05, 3.63) is 41.4 Å². The molecule has 2 amide bonds. The van der Waals surface area contributed by atoms with Gasteiger partial charge in [-0.2, -0.15) is 0 Å². The van der Waals surface area contributed by atoms with Gasteiger partial charge >= 0.3 is 6.03 Å². The van der Waals surface area contributed by atoms with Crippen LogP contribution in [0.1, 0.15) is 10.5 Å². The zero-order valence-corrected chi connectivity index (χ0v) is 10.2. The van der Waals surface area contributed by atoms with Gasteiger partial charge in [0.05, 0.1) is 6.54 Å². The first-order valence-electron chi connectivity index (χ1n) is 5.24. The maximum atomic E-state index is 11.7. The van der Waals surface area contributed by atoms with Gasteiger partial charge in [0.25, 0.3) is 0 Å². The van der Waals surface area contributed by atoms with Gasteiger partial charge in [-0.15, -0.1) is 11.3 Å². The van der Waals surface area contributed by atoms with Gasteiger partial charge in [0.2, 0.25) is 5.78 Å². The van der Waals surface area contributed by atoms with Crippen molar-refractivity contribution >= 4 is 23.2 Å². The number of nitrogens with one attached hydrogen (secondary N) is 1. The van der Waals surface area contributed by atoms with E-state index in [1.807, 2.05) is 30.3 Å². The molecular formula is C12H11N3O2S. The molecule has 0 fully saturated rings. The van der Waals surface area contributed by atoms with Gasteiger partial charge in [-0.3, -0.25) is 4.79 Å². The van der Waals surface area contributed by atoms with Crippen molar-refractivity contribution in [3.8, 4) is 10.6 Å². The molecule has 1 aromatic heterocycles. The van der Waals surface area contributed by atoms with Gasteiger partial charge in [-0.05, 0) is 0 Å². The predicted molar refractivity (Wildman–Crippen MR) is 69.5 cm³/mol. The van der Waals surface area contributed by atoms with E-state index in [-0.39, 0.29) is 12.3 Å². The highest BCUT2D eigenvalue weighted by atomic mass is 32.1. The molecule has 0 aliphatic carbocycles. The van der Waals surface area contributed by atoms with E-state index in [1.54, 1.807) is 5.38 Å². The molecule has 1 heterocycles. The van der Waals surface area contributed by atoms with Crippen LogP contribution in [0, 0.1) is 0 Å². The van der Waals surface area contributed by atoms with Crippen molar-refractivity contribution in [2.75, 3.05) is 6.54 Å².